The van der Waals surface area contributed by atoms with Crippen LogP contribution in [0.25, 0.3) is 5.57 Å². The van der Waals surface area contributed by atoms with Gasteiger partial charge in [0.2, 0.25) is 0 Å². The van der Waals surface area contributed by atoms with E-state index in [1.165, 1.54) is 23.3 Å². The molecule has 3 fully saturated rings. The number of ether oxygens (including phenoxy) is 1. The number of likely N-dealkylation sites (tertiary alicyclic amines) is 1. The Balaban J connectivity index is 1.19. The molecule has 3 heterocycles. The Kier molecular flexibility index (Phi) is 6.62. The molecule has 1 amide bonds. The highest BCUT2D eigenvalue weighted by molar-refractivity contribution is 5.94. The number of nitrogens with zero attached hydrogens (tertiary/aromatic N) is 2. The molecular formula is C32H34FN3O2. The summed E-state index contributed by atoms with van der Waals surface area (Å²) in [7, 11) is 2.17. The number of carbonyl (C=O) groups excluding carboxylic acids is 1. The molecule has 6 rings (SSSR count). The summed E-state index contributed by atoms with van der Waals surface area (Å²) in [6.07, 6.45) is 6.61. The molecule has 196 valence electrons. The first-order valence-corrected chi connectivity index (χ1v) is 13.5. The number of hydrogen-bond acceptors (Lipinski definition) is 4. The normalized spacial score (nSPS) is 21.0. The van der Waals surface area contributed by atoms with Gasteiger partial charge in [-0.15, -0.1) is 0 Å². The second kappa shape index (κ2) is 10.1. The van der Waals surface area contributed by atoms with Crippen LogP contribution in [-0.2, 0) is 4.74 Å². The molecular weight excluding hydrogens is 477 g/mol. The lowest BCUT2D eigenvalue weighted by Crippen LogP contribution is -2.58. The van der Waals surface area contributed by atoms with E-state index in [9.17, 15) is 9.18 Å². The van der Waals surface area contributed by atoms with E-state index in [0.29, 0.717) is 23.5 Å². The van der Waals surface area contributed by atoms with Crippen LogP contribution in [-0.4, -0.2) is 49.1 Å². The van der Waals surface area contributed by atoms with Crippen molar-refractivity contribution in [3.63, 3.8) is 0 Å². The maximum absolute atomic E-state index is 13.7. The van der Waals surface area contributed by atoms with Crippen LogP contribution in [0.4, 0.5) is 4.39 Å². The van der Waals surface area contributed by atoms with Crippen LogP contribution in [0.15, 0.2) is 72.6 Å². The molecule has 1 spiro atoms. The van der Waals surface area contributed by atoms with Crippen molar-refractivity contribution in [3.8, 4) is 0 Å². The van der Waals surface area contributed by atoms with Crippen LogP contribution in [0, 0.1) is 11.2 Å². The van der Waals surface area contributed by atoms with Gasteiger partial charge in [-0.3, -0.25) is 9.78 Å². The summed E-state index contributed by atoms with van der Waals surface area (Å²) in [5.74, 6) is -0.0457. The van der Waals surface area contributed by atoms with Gasteiger partial charge in [0.05, 0.1) is 18.2 Å². The average Bonchev–Trinajstić information content (AvgIpc) is 3.43. The Hall–Kier alpha value is -3.35. The zero-order chi connectivity index (χ0) is 26.3. The minimum atomic E-state index is -0.221. The fraction of sp³-hybridized carbons (Fsp3) is 0.375. The SMILES string of the molecule is C[C@@H](NC(=O)c1cncc(C2CCOC2)c1)c1ccc(C(=C2CC3(C2)CN(C)C3)c2ccc(F)cc2)cc1. The number of benzene rings is 2. The van der Waals surface area contributed by atoms with Crippen molar-refractivity contribution in [2.45, 2.75) is 38.1 Å². The first-order valence-electron chi connectivity index (χ1n) is 13.5. The lowest BCUT2D eigenvalue weighted by molar-refractivity contribution is -0.0106. The second-order valence-electron chi connectivity index (χ2n) is 11.4. The van der Waals surface area contributed by atoms with E-state index in [0.717, 1.165) is 61.2 Å². The van der Waals surface area contributed by atoms with Crippen molar-refractivity contribution in [1.29, 1.82) is 0 Å². The summed E-state index contributed by atoms with van der Waals surface area (Å²) in [6.45, 7) is 5.74. The highest BCUT2D eigenvalue weighted by Gasteiger charge is 2.49. The monoisotopic (exact) mass is 511 g/mol. The molecule has 2 aliphatic heterocycles. The van der Waals surface area contributed by atoms with Gasteiger partial charge < -0.3 is 15.0 Å². The van der Waals surface area contributed by atoms with Crippen molar-refractivity contribution >= 4 is 11.5 Å². The van der Waals surface area contributed by atoms with Gasteiger partial charge in [-0.2, -0.15) is 0 Å². The van der Waals surface area contributed by atoms with Crippen LogP contribution in [0.2, 0.25) is 0 Å². The number of carbonyl (C=O) groups is 1. The standard InChI is InChI=1S/C32H34FN3O2/c1-21(35-31(37)27-13-26(16-34-17-27)25-11-12-38-18-25)22-3-5-23(6-4-22)30(24-7-9-29(33)10-8-24)28-14-32(15-28)19-36(2)20-32/h3-10,13,16-17,21,25H,11-12,14-15,18-20H2,1-2H3,(H,35,37)/t21-,25?/m1/s1. The predicted molar refractivity (Wildman–Crippen MR) is 146 cm³/mol. The molecule has 2 aromatic carbocycles. The minimum Gasteiger partial charge on any atom is -0.381 e. The fourth-order valence-corrected chi connectivity index (χ4v) is 6.45. The number of halogens is 1. The largest absolute Gasteiger partial charge is 0.381 e. The lowest BCUT2D eigenvalue weighted by Gasteiger charge is -2.56. The maximum Gasteiger partial charge on any atom is 0.253 e. The third-order valence-corrected chi connectivity index (χ3v) is 8.34. The topological polar surface area (TPSA) is 54.5 Å². The summed E-state index contributed by atoms with van der Waals surface area (Å²) < 4.78 is 19.2. The van der Waals surface area contributed by atoms with Crippen LogP contribution >= 0.6 is 0 Å². The number of aromatic nitrogens is 1. The zero-order valence-corrected chi connectivity index (χ0v) is 22.0. The minimum absolute atomic E-state index is 0.130. The lowest BCUT2D eigenvalue weighted by atomic mass is 9.59. The molecule has 2 saturated heterocycles. The molecule has 1 saturated carbocycles. The fourth-order valence-electron chi connectivity index (χ4n) is 6.45. The third kappa shape index (κ3) is 4.91. The maximum atomic E-state index is 13.7. The Labute approximate surface area is 223 Å². The number of pyridine rings is 1. The highest BCUT2D eigenvalue weighted by Crippen LogP contribution is 2.54. The molecule has 1 N–H and O–H groups in total. The molecule has 3 aliphatic rings. The van der Waals surface area contributed by atoms with E-state index >= 15 is 0 Å². The number of rotatable bonds is 6. The molecule has 5 nitrogen and oxygen atoms in total. The molecule has 0 radical (unpaired) electrons. The van der Waals surface area contributed by atoms with Crippen LogP contribution in [0.3, 0.4) is 0 Å². The van der Waals surface area contributed by atoms with Crippen molar-refractivity contribution in [2.24, 2.45) is 5.41 Å². The Morgan fingerprint density at radius 1 is 1.05 bits per heavy atom. The van der Waals surface area contributed by atoms with E-state index in [-0.39, 0.29) is 17.8 Å². The van der Waals surface area contributed by atoms with Crippen molar-refractivity contribution in [1.82, 2.24) is 15.2 Å². The predicted octanol–water partition coefficient (Wildman–Crippen LogP) is 5.74. The Bertz CT molecular complexity index is 1340. The molecule has 1 aliphatic carbocycles. The first-order chi connectivity index (χ1) is 18.4. The zero-order valence-electron chi connectivity index (χ0n) is 22.0. The number of hydrogen-bond donors (Lipinski definition) is 1. The van der Waals surface area contributed by atoms with Gasteiger partial charge in [-0.25, -0.2) is 4.39 Å². The van der Waals surface area contributed by atoms with E-state index in [1.807, 2.05) is 31.3 Å². The molecule has 6 heteroatoms. The van der Waals surface area contributed by atoms with E-state index in [4.69, 9.17) is 4.74 Å². The summed E-state index contributed by atoms with van der Waals surface area (Å²) in [4.78, 5) is 19.7. The first kappa shape index (κ1) is 25.0. The van der Waals surface area contributed by atoms with Gasteiger partial charge in [0.25, 0.3) is 5.91 Å². The van der Waals surface area contributed by atoms with Gasteiger partial charge in [-0.05, 0) is 79.3 Å². The van der Waals surface area contributed by atoms with E-state index < -0.39 is 0 Å². The Morgan fingerprint density at radius 2 is 1.74 bits per heavy atom. The molecule has 2 atom stereocenters. The molecule has 38 heavy (non-hydrogen) atoms. The van der Waals surface area contributed by atoms with Crippen LogP contribution in [0.1, 0.15) is 70.8 Å². The van der Waals surface area contributed by atoms with Crippen LogP contribution < -0.4 is 5.32 Å². The molecule has 3 aromatic rings. The van der Waals surface area contributed by atoms with E-state index in [2.05, 4.69) is 46.5 Å². The van der Waals surface area contributed by atoms with Gasteiger partial charge in [0.15, 0.2) is 0 Å². The van der Waals surface area contributed by atoms with Crippen molar-refractivity contribution in [3.05, 3.63) is 106 Å². The number of nitrogens with one attached hydrogen (secondary N) is 1. The quantitative estimate of drug-likeness (QED) is 0.458. The van der Waals surface area contributed by atoms with Gasteiger partial charge in [0, 0.05) is 43.4 Å². The summed E-state index contributed by atoms with van der Waals surface area (Å²) in [5.41, 5.74) is 7.92. The second-order valence-corrected chi connectivity index (χ2v) is 11.4. The van der Waals surface area contributed by atoms with Crippen molar-refractivity contribution in [2.75, 3.05) is 33.4 Å². The average molecular weight is 512 g/mol. The smallest absolute Gasteiger partial charge is 0.253 e. The van der Waals surface area contributed by atoms with E-state index in [1.54, 1.807) is 6.20 Å². The van der Waals surface area contributed by atoms with Crippen LogP contribution in [0.5, 0.6) is 0 Å². The summed E-state index contributed by atoms with van der Waals surface area (Å²) in [6, 6.07) is 17.0. The van der Waals surface area contributed by atoms with Gasteiger partial charge in [0.1, 0.15) is 5.82 Å². The molecule has 1 unspecified atom stereocenters. The third-order valence-electron chi connectivity index (χ3n) is 8.34. The van der Waals surface area contributed by atoms with Gasteiger partial charge in [-0.1, -0.05) is 42.0 Å². The van der Waals surface area contributed by atoms with Gasteiger partial charge >= 0.3 is 0 Å². The highest BCUT2D eigenvalue weighted by atomic mass is 19.1. The Morgan fingerprint density at radius 3 is 2.37 bits per heavy atom. The number of allylic oxidation sites excluding steroid dienone is 1. The summed E-state index contributed by atoms with van der Waals surface area (Å²) in [5, 5.41) is 3.12. The molecule has 0 bridgehead atoms. The van der Waals surface area contributed by atoms with Crippen molar-refractivity contribution < 1.29 is 13.9 Å². The summed E-state index contributed by atoms with van der Waals surface area (Å²) >= 11 is 0. The molecule has 1 aromatic heterocycles. The number of amides is 1.